The third kappa shape index (κ3) is 3.98. The number of piperidine rings is 1. The highest BCUT2D eigenvalue weighted by Crippen LogP contribution is 2.30. The molecule has 1 fully saturated rings. The number of hydrogen-bond acceptors (Lipinski definition) is 3. The zero-order valence-electron chi connectivity index (χ0n) is 14.0. The van der Waals surface area contributed by atoms with Gasteiger partial charge in [-0.05, 0) is 55.5 Å². The van der Waals surface area contributed by atoms with Crippen molar-refractivity contribution < 1.29 is 0 Å². The largest absolute Gasteiger partial charge is 0.378 e. The van der Waals surface area contributed by atoms with E-state index in [1.165, 1.54) is 37.2 Å². The summed E-state index contributed by atoms with van der Waals surface area (Å²) in [6.07, 6.45) is 2.62. The van der Waals surface area contributed by atoms with Crippen LogP contribution in [0.5, 0.6) is 0 Å². The van der Waals surface area contributed by atoms with Crippen molar-refractivity contribution in [3.8, 4) is 0 Å². The van der Waals surface area contributed by atoms with E-state index in [1.54, 1.807) is 0 Å². The van der Waals surface area contributed by atoms with Gasteiger partial charge >= 0.3 is 0 Å². The Labute approximate surface area is 130 Å². The maximum absolute atomic E-state index is 6.08. The Balaban J connectivity index is 2.03. The molecule has 2 rings (SSSR count). The molecule has 1 aliphatic heterocycles. The zero-order valence-corrected chi connectivity index (χ0v) is 14.0. The molecule has 1 unspecified atom stereocenters. The molecule has 0 bridgehead atoms. The lowest BCUT2D eigenvalue weighted by Gasteiger charge is -2.38. The third-order valence-corrected chi connectivity index (χ3v) is 4.98. The van der Waals surface area contributed by atoms with Crippen LogP contribution >= 0.6 is 0 Å². The van der Waals surface area contributed by atoms with Crippen LogP contribution in [0.4, 0.5) is 5.69 Å². The Kier molecular flexibility index (Phi) is 5.65. The summed E-state index contributed by atoms with van der Waals surface area (Å²) in [5.74, 6) is 1.69. The number of nitrogens with zero attached hydrogens (tertiary/aromatic N) is 2. The van der Waals surface area contributed by atoms with Gasteiger partial charge in [0.05, 0.1) is 0 Å². The summed E-state index contributed by atoms with van der Waals surface area (Å²) in [5, 5.41) is 0. The van der Waals surface area contributed by atoms with Crippen LogP contribution in [0.25, 0.3) is 0 Å². The maximum atomic E-state index is 6.08. The first kappa shape index (κ1) is 16.3. The molecule has 1 atom stereocenters. The number of anilines is 1. The molecule has 21 heavy (non-hydrogen) atoms. The summed E-state index contributed by atoms with van der Waals surface area (Å²) >= 11 is 0. The molecule has 3 nitrogen and oxygen atoms in total. The third-order valence-electron chi connectivity index (χ3n) is 4.98. The Morgan fingerprint density at radius 3 is 2.14 bits per heavy atom. The molecule has 0 radical (unpaired) electrons. The SMILES string of the molecule is CC(C)C1CCN(C(CN)c2ccc(N(C)C)cc2)CC1. The average Bonchev–Trinajstić information content (AvgIpc) is 2.49. The predicted octanol–water partition coefficient (Wildman–Crippen LogP) is 3.12. The van der Waals surface area contributed by atoms with Gasteiger partial charge in [0.2, 0.25) is 0 Å². The Bertz CT molecular complexity index is 417. The van der Waals surface area contributed by atoms with E-state index in [-0.39, 0.29) is 0 Å². The quantitative estimate of drug-likeness (QED) is 0.904. The number of benzene rings is 1. The van der Waals surface area contributed by atoms with Gasteiger partial charge in [-0.15, -0.1) is 0 Å². The highest BCUT2D eigenvalue weighted by molar-refractivity contribution is 5.46. The van der Waals surface area contributed by atoms with Crippen molar-refractivity contribution in [2.75, 3.05) is 38.6 Å². The minimum absolute atomic E-state index is 0.370. The second-order valence-corrected chi connectivity index (χ2v) is 6.85. The molecule has 0 aromatic heterocycles. The van der Waals surface area contributed by atoms with Crippen molar-refractivity contribution in [2.24, 2.45) is 17.6 Å². The smallest absolute Gasteiger partial charge is 0.0470 e. The Morgan fingerprint density at radius 1 is 1.14 bits per heavy atom. The van der Waals surface area contributed by atoms with Crippen molar-refractivity contribution >= 4 is 5.69 Å². The monoisotopic (exact) mass is 289 g/mol. The molecule has 3 heteroatoms. The van der Waals surface area contributed by atoms with Gasteiger partial charge < -0.3 is 10.6 Å². The Hall–Kier alpha value is -1.06. The second kappa shape index (κ2) is 7.28. The summed E-state index contributed by atoms with van der Waals surface area (Å²) < 4.78 is 0. The van der Waals surface area contributed by atoms with Gasteiger partial charge in [-0.25, -0.2) is 0 Å². The van der Waals surface area contributed by atoms with E-state index in [2.05, 4.69) is 62.0 Å². The van der Waals surface area contributed by atoms with Crippen LogP contribution in [0.2, 0.25) is 0 Å². The normalized spacial score (nSPS) is 19.0. The lowest BCUT2D eigenvalue weighted by Crippen LogP contribution is -2.40. The lowest BCUT2D eigenvalue weighted by atomic mass is 9.86. The van der Waals surface area contributed by atoms with Gasteiger partial charge in [0.25, 0.3) is 0 Å². The summed E-state index contributed by atoms with van der Waals surface area (Å²) in [5.41, 5.74) is 8.67. The molecule has 2 N–H and O–H groups in total. The zero-order chi connectivity index (χ0) is 15.4. The minimum atomic E-state index is 0.370. The standard InChI is InChI=1S/C18H31N3/c1-14(2)15-9-11-21(12-10-15)18(13-19)16-5-7-17(8-6-16)20(3)4/h5-8,14-15,18H,9-13,19H2,1-4H3. The van der Waals surface area contributed by atoms with E-state index in [1.807, 2.05) is 0 Å². The first-order valence-corrected chi connectivity index (χ1v) is 8.24. The van der Waals surface area contributed by atoms with Crippen LogP contribution in [0.15, 0.2) is 24.3 Å². The molecule has 1 heterocycles. The number of rotatable bonds is 5. The summed E-state index contributed by atoms with van der Waals surface area (Å²) in [4.78, 5) is 4.71. The lowest BCUT2D eigenvalue weighted by molar-refractivity contribution is 0.117. The number of nitrogens with two attached hydrogens (primary N) is 1. The molecule has 1 aromatic carbocycles. The topological polar surface area (TPSA) is 32.5 Å². The summed E-state index contributed by atoms with van der Waals surface area (Å²) in [7, 11) is 4.15. The van der Waals surface area contributed by atoms with Crippen molar-refractivity contribution in [1.82, 2.24) is 4.90 Å². The molecule has 0 saturated carbocycles. The van der Waals surface area contributed by atoms with Gasteiger partial charge in [0.15, 0.2) is 0 Å². The van der Waals surface area contributed by atoms with E-state index in [9.17, 15) is 0 Å². The van der Waals surface area contributed by atoms with E-state index >= 15 is 0 Å². The van der Waals surface area contributed by atoms with E-state index in [0.717, 1.165) is 11.8 Å². The molecule has 118 valence electrons. The van der Waals surface area contributed by atoms with Crippen molar-refractivity contribution in [1.29, 1.82) is 0 Å². The number of likely N-dealkylation sites (tertiary alicyclic amines) is 1. The van der Waals surface area contributed by atoms with Gasteiger partial charge in [0, 0.05) is 32.4 Å². The van der Waals surface area contributed by atoms with Crippen LogP contribution in [0.1, 0.15) is 38.3 Å². The van der Waals surface area contributed by atoms with E-state index < -0.39 is 0 Å². The molecule has 1 saturated heterocycles. The fourth-order valence-electron chi connectivity index (χ4n) is 3.39. The van der Waals surface area contributed by atoms with Crippen LogP contribution < -0.4 is 10.6 Å². The van der Waals surface area contributed by atoms with Crippen LogP contribution in [0.3, 0.4) is 0 Å². The summed E-state index contributed by atoms with van der Waals surface area (Å²) in [6, 6.07) is 9.23. The fourth-order valence-corrected chi connectivity index (χ4v) is 3.39. The highest BCUT2D eigenvalue weighted by Gasteiger charge is 2.26. The molecule has 0 spiro atoms. The average molecular weight is 289 g/mol. The van der Waals surface area contributed by atoms with Crippen molar-refractivity contribution in [3.63, 3.8) is 0 Å². The van der Waals surface area contributed by atoms with Crippen LogP contribution in [-0.4, -0.2) is 38.6 Å². The van der Waals surface area contributed by atoms with Crippen molar-refractivity contribution in [2.45, 2.75) is 32.7 Å². The van der Waals surface area contributed by atoms with Crippen molar-refractivity contribution in [3.05, 3.63) is 29.8 Å². The fraction of sp³-hybridized carbons (Fsp3) is 0.667. The van der Waals surface area contributed by atoms with Gasteiger partial charge in [0.1, 0.15) is 0 Å². The number of hydrogen-bond donors (Lipinski definition) is 1. The first-order valence-electron chi connectivity index (χ1n) is 8.24. The highest BCUT2D eigenvalue weighted by atomic mass is 15.2. The van der Waals surface area contributed by atoms with E-state index in [0.29, 0.717) is 12.6 Å². The summed E-state index contributed by atoms with van der Waals surface area (Å²) in [6.45, 7) is 7.76. The molecular weight excluding hydrogens is 258 g/mol. The van der Waals surface area contributed by atoms with Gasteiger partial charge in [-0.1, -0.05) is 26.0 Å². The van der Waals surface area contributed by atoms with Crippen LogP contribution in [-0.2, 0) is 0 Å². The maximum Gasteiger partial charge on any atom is 0.0470 e. The van der Waals surface area contributed by atoms with Gasteiger partial charge in [-0.2, -0.15) is 0 Å². The Morgan fingerprint density at radius 2 is 1.71 bits per heavy atom. The molecule has 0 amide bonds. The first-order chi connectivity index (χ1) is 10.0. The van der Waals surface area contributed by atoms with Gasteiger partial charge in [-0.3, -0.25) is 4.90 Å². The van der Waals surface area contributed by atoms with E-state index in [4.69, 9.17) is 5.73 Å². The van der Waals surface area contributed by atoms with Crippen LogP contribution in [0, 0.1) is 11.8 Å². The minimum Gasteiger partial charge on any atom is -0.378 e. The molecule has 1 aromatic rings. The predicted molar refractivity (Wildman–Crippen MR) is 91.7 cm³/mol. The molecular formula is C18H31N3. The second-order valence-electron chi connectivity index (χ2n) is 6.85. The molecule has 1 aliphatic rings. The molecule has 0 aliphatic carbocycles.